The van der Waals surface area contributed by atoms with Crippen LogP contribution >= 0.6 is 0 Å². The minimum Gasteiger partial charge on any atom is -0.376 e. The summed E-state index contributed by atoms with van der Waals surface area (Å²) in [6.45, 7) is 5.97. The third-order valence-corrected chi connectivity index (χ3v) is 4.98. The monoisotopic (exact) mass is 299 g/mol. The van der Waals surface area contributed by atoms with Gasteiger partial charge in [-0.3, -0.25) is 0 Å². The van der Waals surface area contributed by atoms with Crippen molar-refractivity contribution in [2.45, 2.75) is 31.3 Å². The summed E-state index contributed by atoms with van der Waals surface area (Å²) in [5.41, 5.74) is 0. The van der Waals surface area contributed by atoms with Gasteiger partial charge < -0.3 is 10.1 Å². The molecule has 0 amide bonds. The Morgan fingerprint density at radius 3 is 2.90 bits per heavy atom. The number of pyridine rings is 1. The average molecular weight is 299 g/mol. The number of rotatable bonds is 5. The van der Waals surface area contributed by atoms with Crippen LogP contribution in [0.25, 0.3) is 0 Å². The topological polar surface area (TPSA) is 71.5 Å². The molecular formula is C13H21N3O3S. The fraction of sp³-hybridized carbons (Fsp3) is 0.615. The summed E-state index contributed by atoms with van der Waals surface area (Å²) < 4.78 is 31.8. The highest BCUT2D eigenvalue weighted by molar-refractivity contribution is 7.89. The van der Waals surface area contributed by atoms with E-state index in [0.717, 1.165) is 13.0 Å². The van der Waals surface area contributed by atoms with Gasteiger partial charge in [-0.15, -0.1) is 0 Å². The second kappa shape index (κ2) is 6.51. The van der Waals surface area contributed by atoms with Crippen molar-refractivity contribution >= 4 is 15.8 Å². The van der Waals surface area contributed by atoms with Crippen LogP contribution in [0.2, 0.25) is 0 Å². The minimum absolute atomic E-state index is 0.0722. The molecule has 0 aromatic carbocycles. The number of hydrogen-bond acceptors (Lipinski definition) is 5. The van der Waals surface area contributed by atoms with Gasteiger partial charge >= 0.3 is 0 Å². The van der Waals surface area contributed by atoms with E-state index in [-0.39, 0.29) is 11.0 Å². The first-order valence-electron chi connectivity index (χ1n) is 6.85. The van der Waals surface area contributed by atoms with Crippen molar-refractivity contribution < 1.29 is 13.2 Å². The maximum absolute atomic E-state index is 12.5. The van der Waals surface area contributed by atoms with Crippen molar-refractivity contribution in [3.63, 3.8) is 0 Å². The fourth-order valence-electron chi connectivity index (χ4n) is 2.04. The van der Waals surface area contributed by atoms with Crippen LogP contribution in [-0.2, 0) is 14.8 Å². The molecule has 0 spiro atoms. The highest BCUT2D eigenvalue weighted by atomic mass is 32.2. The third-order valence-electron chi connectivity index (χ3n) is 3.13. The second-order valence-corrected chi connectivity index (χ2v) is 6.79. The van der Waals surface area contributed by atoms with E-state index < -0.39 is 10.0 Å². The van der Waals surface area contributed by atoms with Crippen molar-refractivity contribution in [1.82, 2.24) is 9.29 Å². The zero-order valence-electron chi connectivity index (χ0n) is 11.9. The van der Waals surface area contributed by atoms with E-state index in [1.165, 1.54) is 10.5 Å². The molecule has 0 bridgehead atoms. The molecule has 2 rings (SSSR count). The molecule has 1 fully saturated rings. The molecule has 1 aliphatic heterocycles. The molecule has 1 unspecified atom stereocenters. The Morgan fingerprint density at radius 1 is 1.50 bits per heavy atom. The van der Waals surface area contributed by atoms with E-state index in [1.54, 1.807) is 12.1 Å². The Bertz CT molecular complexity index is 530. The number of hydrogen-bond donors (Lipinski definition) is 1. The summed E-state index contributed by atoms with van der Waals surface area (Å²) in [7, 11) is -3.47. The quantitative estimate of drug-likeness (QED) is 0.887. The van der Waals surface area contributed by atoms with Crippen LogP contribution in [0.4, 0.5) is 5.82 Å². The lowest BCUT2D eigenvalue weighted by Crippen LogP contribution is -2.44. The molecule has 1 aromatic heterocycles. The lowest BCUT2D eigenvalue weighted by molar-refractivity contribution is 0.0102. The third kappa shape index (κ3) is 3.47. The predicted octanol–water partition coefficient (Wildman–Crippen LogP) is 1.31. The lowest BCUT2D eigenvalue weighted by atomic mass is 10.3. The van der Waals surface area contributed by atoms with Crippen LogP contribution in [0.5, 0.6) is 0 Å². The van der Waals surface area contributed by atoms with Gasteiger partial charge in [-0.1, -0.05) is 6.92 Å². The molecule has 0 saturated carbocycles. The number of aromatic nitrogens is 1. The van der Waals surface area contributed by atoms with Crippen LogP contribution in [0.3, 0.4) is 0 Å². The van der Waals surface area contributed by atoms with E-state index in [0.29, 0.717) is 25.5 Å². The molecule has 112 valence electrons. The van der Waals surface area contributed by atoms with Gasteiger partial charge in [-0.2, -0.15) is 4.31 Å². The molecule has 0 aliphatic carbocycles. The number of nitrogens with one attached hydrogen (secondary N) is 1. The van der Waals surface area contributed by atoms with Crippen molar-refractivity contribution in [3.05, 3.63) is 18.3 Å². The molecule has 1 saturated heterocycles. The van der Waals surface area contributed by atoms with Crippen LogP contribution in [0.1, 0.15) is 20.3 Å². The smallest absolute Gasteiger partial charge is 0.244 e. The Morgan fingerprint density at radius 2 is 2.30 bits per heavy atom. The van der Waals surface area contributed by atoms with Crippen LogP contribution in [0.15, 0.2) is 23.2 Å². The van der Waals surface area contributed by atoms with E-state index in [9.17, 15) is 8.42 Å². The number of sulfonamides is 1. The Kier molecular flexibility index (Phi) is 4.95. The Balaban J connectivity index is 2.12. The van der Waals surface area contributed by atoms with Gasteiger partial charge in [0, 0.05) is 25.8 Å². The van der Waals surface area contributed by atoms with Crippen molar-refractivity contribution in [2.75, 3.05) is 31.6 Å². The Hall–Kier alpha value is -1.18. The molecule has 0 radical (unpaired) electrons. The van der Waals surface area contributed by atoms with E-state index in [1.807, 2.05) is 6.92 Å². The molecule has 2 heterocycles. The molecule has 6 nitrogen and oxygen atoms in total. The molecular weight excluding hydrogens is 278 g/mol. The van der Waals surface area contributed by atoms with Gasteiger partial charge in [0.05, 0.1) is 12.7 Å². The summed E-state index contributed by atoms with van der Waals surface area (Å²) >= 11 is 0. The normalized spacial score (nSPS) is 20.8. The van der Waals surface area contributed by atoms with E-state index in [4.69, 9.17) is 4.74 Å². The second-order valence-electron chi connectivity index (χ2n) is 4.85. The van der Waals surface area contributed by atoms with Crippen LogP contribution < -0.4 is 5.32 Å². The number of morpholine rings is 1. The maximum Gasteiger partial charge on any atom is 0.244 e. The van der Waals surface area contributed by atoms with Crippen molar-refractivity contribution in [1.29, 1.82) is 0 Å². The standard InChI is InChI=1S/C13H21N3O3S/c1-3-6-14-13-5-4-12(9-15-13)20(17,18)16-7-8-19-11(2)10-16/h4-5,9,11H,3,6-8,10H2,1-2H3,(H,14,15). The highest BCUT2D eigenvalue weighted by Crippen LogP contribution is 2.19. The highest BCUT2D eigenvalue weighted by Gasteiger charge is 2.29. The SMILES string of the molecule is CCCNc1ccc(S(=O)(=O)N2CCOC(C)C2)cn1. The zero-order valence-corrected chi connectivity index (χ0v) is 12.7. The van der Waals surface area contributed by atoms with Crippen LogP contribution in [-0.4, -0.2) is 50.1 Å². The van der Waals surface area contributed by atoms with Gasteiger partial charge in [-0.25, -0.2) is 13.4 Å². The van der Waals surface area contributed by atoms with E-state index in [2.05, 4.69) is 17.2 Å². The molecule has 7 heteroatoms. The average Bonchev–Trinajstić information content (AvgIpc) is 2.45. The molecule has 1 aliphatic rings. The van der Waals surface area contributed by atoms with Gasteiger partial charge in [0.2, 0.25) is 10.0 Å². The van der Waals surface area contributed by atoms with E-state index >= 15 is 0 Å². The zero-order chi connectivity index (χ0) is 14.6. The Labute approximate surface area is 120 Å². The fourth-order valence-corrected chi connectivity index (χ4v) is 3.49. The van der Waals surface area contributed by atoms with Gasteiger partial charge in [0.15, 0.2) is 0 Å². The molecule has 1 aromatic rings. The summed E-state index contributed by atoms with van der Waals surface area (Å²) in [5, 5.41) is 3.12. The van der Waals surface area contributed by atoms with Gasteiger partial charge in [-0.05, 0) is 25.5 Å². The number of nitrogens with zero attached hydrogens (tertiary/aromatic N) is 2. The first-order valence-corrected chi connectivity index (χ1v) is 8.29. The van der Waals surface area contributed by atoms with Crippen molar-refractivity contribution in [3.8, 4) is 0 Å². The van der Waals surface area contributed by atoms with Gasteiger partial charge in [0.1, 0.15) is 10.7 Å². The predicted molar refractivity (Wildman–Crippen MR) is 77.2 cm³/mol. The summed E-state index contributed by atoms with van der Waals surface area (Å²) in [6.07, 6.45) is 2.33. The first kappa shape index (κ1) is 15.2. The summed E-state index contributed by atoms with van der Waals surface area (Å²) in [6, 6.07) is 3.30. The maximum atomic E-state index is 12.5. The van der Waals surface area contributed by atoms with Crippen LogP contribution in [0, 0.1) is 0 Å². The van der Waals surface area contributed by atoms with Crippen molar-refractivity contribution in [2.24, 2.45) is 0 Å². The largest absolute Gasteiger partial charge is 0.376 e. The summed E-state index contributed by atoms with van der Waals surface area (Å²) in [5.74, 6) is 0.696. The number of anilines is 1. The molecule has 20 heavy (non-hydrogen) atoms. The molecule has 1 N–H and O–H groups in total. The lowest BCUT2D eigenvalue weighted by Gasteiger charge is -2.30. The number of ether oxygens (including phenoxy) is 1. The molecule has 1 atom stereocenters. The summed E-state index contributed by atoms with van der Waals surface area (Å²) in [4.78, 5) is 4.38. The minimum atomic E-state index is -3.47. The first-order chi connectivity index (χ1) is 9.54. The van der Waals surface area contributed by atoms with Gasteiger partial charge in [0.25, 0.3) is 0 Å².